The molecule has 0 aliphatic rings. The minimum Gasteiger partial charge on any atom is -0.490 e. The second-order valence-corrected chi connectivity index (χ2v) is 5.67. The van der Waals surface area contributed by atoms with Crippen molar-refractivity contribution in [1.82, 2.24) is 14.9 Å². The highest BCUT2D eigenvalue weighted by atomic mass is 35.5. The number of para-hydroxylation sites is 1. The number of hydrogen-bond acceptors (Lipinski definition) is 5. The van der Waals surface area contributed by atoms with Crippen LogP contribution in [0.2, 0.25) is 5.02 Å². The lowest BCUT2D eigenvalue weighted by atomic mass is 10.2. The van der Waals surface area contributed by atoms with Gasteiger partial charge >= 0.3 is 0 Å². The molecule has 0 fully saturated rings. The van der Waals surface area contributed by atoms with Crippen molar-refractivity contribution in [2.24, 2.45) is 5.10 Å². The van der Waals surface area contributed by atoms with E-state index in [2.05, 4.69) is 15.3 Å². The van der Waals surface area contributed by atoms with E-state index in [0.29, 0.717) is 24.0 Å². The first-order valence-corrected chi connectivity index (χ1v) is 8.10. The van der Waals surface area contributed by atoms with Gasteiger partial charge in [0.1, 0.15) is 37.4 Å². The zero-order chi connectivity index (χ0) is 17.5. The summed E-state index contributed by atoms with van der Waals surface area (Å²) >= 11 is 6.06. The van der Waals surface area contributed by atoms with Crippen LogP contribution in [-0.2, 0) is 0 Å². The Morgan fingerprint density at radius 2 is 1.76 bits per heavy atom. The van der Waals surface area contributed by atoms with Gasteiger partial charge < -0.3 is 9.47 Å². The molecule has 128 valence electrons. The molecule has 0 spiro atoms. The fourth-order valence-electron chi connectivity index (χ4n) is 2.16. The lowest BCUT2D eigenvalue weighted by molar-refractivity contribution is 0.216. The molecule has 2 aromatic carbocycles. The highest BCUT2D eigenvalue weighted by molar-refractivity contribution is 6.30. The summed E-state index contributed by atoms with van der Waals surface area (Å²) in [4.78, 5) is 0. The van der Waals surface area contributed by atoms with Gasteiger partial charge in [-0.05, 0) is 36.8 Å². The first kappa shape index (κ1) is 17.0. The van der Waals surface area contributed by atoms with Crippen LogP contribution >= 0.6 is 11.6 Å². The predicted octanol–water partition coefficient (Wildman–Crippen LogP) is 3.58. The second kappa shape index (κ2) is 8.30. The highest BCUT2D eigenvalue weighted by Crippen LogP contribution is 2.22. The zero-order valence-corrected chi connectivity index (χ0v) is 14.4. The van der Waals surface area contributed by atoms with Crippen molar-refractivity contribution in [3.05, 3.63) is 71.3 Å². The molecule has 0 N–H and O–H groups in total. The van der Waals surface area contributed by atoms with E-state index >= 15 is 0 Å². The SMILES string of the molecule is Cc1ccccc1OCCOc1ccc(Cl)cc1/C=N\n1cnnc1. The van der Waals surface area contributed by atoms with E-state index in [1.165, 1.54) is 17.3 Å². The van der Waals surface area contributed by atoms with Crippen molar-refractivity contribution in [2.75, 3.05) is 13.2 Å². The monoisotopic (exact) mass is 356 g/mol. The molecule has 7 heteroatoms. The number of aryl methyl sites for hydroxylation is 1. The normalized spacial score (nSPS) is 11.0. The van der Waals surface area contributed by atoms with Gasteiger partial charge in [-0.1, -0.05) is 29.8 Å². The van der Waals surface area contributed by atoms with E-state index in [1.54, 1.807) is 18.3 Å². The van der Waals surface area contributed by atoms with E-state index < -0.39 is 0 Å². The van der Waals surface area contributed by atoms with Crippen LogP contribution in [0, 0.1) is 6.92 Å². The predicted molar refractivity (Wildman–Crippen MR) is 96.6 cm³/mol. The van der Waals surface area contributed by atoms with E-state index in [9.17, 15) is 0 Å². The Morgan fingerprint density at radius 3 is 2.52 bits per heavy atom. The van der Waals surface area contributed by atoms with E-state index in [1.807, 2.05) is 37.3 Å². The fourth-order valence-corrected chi connectivity index (χ4v) is 2.34. The van der Waals surface area contributed by atoms with Gasteiger partial charge in [0.2, 0.25) is 0 Å². The number of nitrogens with zero attached hydrogens (tertiary/aromatic N) is 4. The van der Waals surface area contributed by atoms with Crippen LogP contribution in [0.25, 0.3) is 0 Å². The van der Waals surface area contributed by atoms with E-state index in [4.69, 9.17) is 21.1 Å². The number of hydrogen-bond donors (Lipinski definition) is 0. The van der Waals surface area contributed by atoms with Gasteiger partial charge in [0.25, 0.3) is 0 Å². The number of benzene rings is 2. The first-order chi connectivity index (χ1) is 12.2. The number of aromatic nitrogens is 3. The highest BCUT2D eigenvalue weighted by Gasteiger charge is 2.04. The van der Waals surface area contributed by atoms with Gasteiger partial charge in [-0.3, -0.25) is 0 Å². The fraction of sp³-hybridized carbons (Fsp3) is 0.167. The summed E-state index contributed by atoms with van der Waals surface area (Å²) in [5.74, 6) is 1.53. The molecule has 25 heavy (non-hydrogen) atoms. The molecular weight excluding hydrogens is 340 g/mol. The van der Waals surface area contributed by atoms with Gasteiger partial charge in [0.15, 0.2) is 0 Å². The smallest absolute Gasteiger partial charge is 0.141 e. The quantitative estimate of drug-likeness (QED) is 0.479. The molecule has 0 aliphatic carbocycles. The molecule has 0 saturated carbocycles. The van der Waals surface area contributed by atoms with Crippen molar-refractivity contribution >= 4 is 17.8 Å². The van der Waals surface area contributed by atoms with Crippen molar-refractivity contribution in [1.29, 1.82) is 0 Å². The second-order valence-electron chi connectivity index (χ2n) is 5.23. The lowest BCUT2D eigenvalue weighted by Crippen LogP contribution is -2.10. The van der Waals surface area contributed by atoms with Gasteiger partial charge in [-0.25, -0.2) is 4.68 Å². The van der Waals surface area contributed by atoms with Crippen LogP contribution < -0.4 is 9.47 Å². The van der Waals surface area contributed by atoms with Crippen LogP contribution in [0.1, 0.15) is 11.1 Å². The Morgan fingerprint density at radius 1 is 1.04 bits per heavy atom. The van der Waals surface area contributed by atoms with Crippen molar-refractivity contribution in [3.63, 3.8) is 0 Å². The van der Waals surface area contributed by atoms with Crippen LogP contribution in [-0.4, -0.2) is 34.3 Å². The Hall–Kier alpha value is -2.86. The third kappa shape index (κ3) is 4.81. The van der Waals surface area contributed by atoms with Gasteiger partial charge in [0, 0.05) is 10.6 Å². The Labute approximate surface area is 150 Å². The third-order valence-corrected chi connectivity index (χ3v) is 3.64. The average Bonchev–Trinajstić information content (AvgIpc) is 3.13. The van der Waals surface area contributed by atoms with E-state index in [-0.39, 0.29) is 0 Å². The maximum Gasteiger partial charge on any atom is 0.141 e. The number of rotatable bonds is 7. The summed E-state index contributed by atoms with van der Waals surface area (Å²) in [7, 11) is 0. The van der Waals surface area contributed by atoms with Gasteiger partial charge in [-0.2, -0.15) is 5.10 Å². The summed E-state index contributed by atoms with van der Waals surface area (Å²) < 4.78 is 13.0. The molecule has 3 rings (SSSR count). The summed E-state index contributed by atoms with van der Waals surface area (Å²) in [5.41, 5.74) is 1.85. The van der Waals surface area contributed by atoms with Gasteiger partial charge in [-0.15, -0.1) is 10.2 Å². The molecule has 0 amide bonds. The molecule has 0 atom stereocenters. The van der Waals surface area contributed by atoms with Crippen LogP contribution in [0.5, 0.6) is 11.5 Å². The molecular formula is C18H17ClN4O2. The zero-order valence-electron chi connectivity index (χ0n) is 13.7. The molecule has 0 aliphatic heterocycles. The van der Waals surface area contributed by atoms with Crippen molar-refractivity contribution in [2.45, 2.75) is 6.92 Å². The summed E-state index contributed by atoms with van der Waals surface area (Å²) in [6.45, 7) is 2.86. The lowest BCUT2D eigenvalue weighted by Gasteiger charge is -2.11. The minimum absolute atomic E-state index is 0.406. The van der Waals surface area contributed by atoms with Gasteiger partial charge in [0.05, 0.1) is 6.21 Å². The largest absolute Gasteiger partial charge is 0.490 e. The van der Waals surface area contributed by atoms with E-state index in [0.717, 1.165) is 16.9 Å². The molecule has 6 nitrogen and oxygen atoms in total. The average molecular weight is 357 g/mol. The summed E-state index contributed by atoms with van der Waals surface area (Å²) in [6.07, 6.45) is 4.64. The molecule has 3 aromatic rings. The van der Waals surface area contributed by atoms with Crippen LogP contribution in [0.4, 0.5) is 0 Å². The topological polar surface area (TPSA) is 61.5 Å². The number of halogens is 1. The third-order valence-electron chi connectivity index (χ3n) is 3.40. The van der Waals surface area contributed by atoms with Crippen LogP contribution in [0.15, 0.2) is 60.2 Å². The minimum atomic E-state index is 0.406. The molecule has 0 bridgehead atoms. The molecule has 1 heterocycles. The molecule has 0 unspecified atom stereocenters. The van der Waals surface area contributed by atoms with Crippen molar-refractivity contribution in [3.8, 4) is 11.5 Å². The standard InChI is InChI=1S/C18H17ClN4O2/c1-14-4-2-3-5-17(14)24-8-9-25-18-7-6-16(19)10-15(18)11-22-23-12-20-21-13-23/h2-7,10-13H,8-9H2,1H3/b22-11-. The first-order valence-electron chi connectivity index (χ1n) is 7.72. The maximum absolute atomic E-state index is 6.06. The number of ether oxygens (including phenoxy) is 2. The Kier molecular flexibility index (Phi) is 5.64. The molecule has 1 aromatic heterocycles. The Balaban J connectivity index is 1.61. The summed E-state index contributed by atoms with van der Waals surface area (Å²) in [6, 6.07) is 13.2. The molecule has 0 saturated heterocycles. The van der Waals surface area contributed by atoms with Crippen molar-refractivity contribution < 1.29 is 9.47 Å². The Bertz CT molecular complexity index is 850. The van der Waals surface area contributed by atoms with Crippen LogP contribution in [0.3, 0.4) is 0 Å². The molecule has 0 radical (unpaired) electrons. The maximum atomic E-state index is 6.06. The summed E-state index contributed by atoms with van der Waals surface area (Å²) in [5, 5.41) is 12.2.